The van der Waals surface area contributed by atoms with Crippen molar-refractivity contribution in [1.29, 1.82) is 0 Å². The van der Waals surface area contributed by atoms with Gasteiger partial charge in [0.2, 0.25) is 0 Å². The molecule has 2 heterocycles. The van der Waals surface area contributed by atoms with Crippen molar-refractivity contribution in [2.75, 3.05) is 14.1 Å². The van der Waals surface area contributed by atoms with Crippen LogP contribution in [0.5, 0.6) is 0 Å². The minimum absolute atomic E-state index is 0.0272. The number of rotatable bonds is 3. The third-order valence-corrected chi connectivity index (χ3v) is 3.16. The summed E-state index contributed by atoms with van der Waals surface area (Å²) < 4.78 is 15.1. The molecule has 0 aromatic carbocycles. The second-order valence-corrected chi connectivity index (χ2v) is 4.95. The molecular weight excluding hydrogens is 259 g/mol. The average molecular weight is 274 g/mol. The van der Waals surface area contributed by atoms with Gasteiger partial charge < -0.3 is 9.47 Å². The van der Waals surface area contributed by atoms with Crippen molar-refractivity contribution in [3.63, 3.8) is 0 Å². The van der Waals surface area contributed by atoms with Gasteiger partial charge in [0.1, 0.15) is 6.33 Å². The summed E-state index contributed by atoms with van der Waals surface area (Å²) >= 11 is 0. The molecule has 0 radical (unpaired) electrons. The van der Waals surface area contributed by atoms with Crippen LogP contribution in [0.15, 0.2) is 29.5 Å². The second kappa shape index (κ2) is 4.99. The maximum absolute atomic E-state index is 13.2. The topological polar surface area (TPSA) is 59.2 Å². The van der Waals surface area contributed by atoms with E-state index in [0.29, 0.717) is 23.4 Å². The molecule has 1 unspecified atom stereocenters. The lowest BCUT2D eigenvalue weighted by Gasteiger charge is -2.09. The number of aromatic nitrogens is 4. The van der Waals surface area contributed by atoms with Crippen molar-refractivity contribution in [1.82, 2.24) is 24.4 Å². The highest BCUT2D eigenvalue weighted by Gasteiger charge is 2.20. The van der Waals surface area contributed by atoms with Gasteiger partial charge in [-0.1, -0.05) is 0 Å². The summed E-state index contributed by atoms with van der Waals surface area (Å²) in [5.74, 6) is 0.446. The summed E-state index contributed by atoms with van der Waals surface area (Å²) in [6, 6.07) is -0.0272. The lowest BCUT2D eigenvalue weighted by Crippen LogP contribution is -2.07. The van der Waals surface area contributed by atoms with E-state index in [1.54, 1.807) is 18.7 Å². The van der Waals surface area contributed by atoms with Gasteiger partial charge in [-0.05, 0) is 12.5 Å². The van der Waals surface area contributed by atoms with Gasteiger partial charge in [-0.2, -0.15) is 0 Å². The molecular formula is C13H15FN6. The molecule has 7 heteroatoms. The van der Waals surface area contributed by atoms with E-state index in [9.17, 15) is 4.39 Å². The lowest BCUT2D eigenvalue weighted by atomic mass is 10.2. The summed E-state index contributed by atoms with van der Waals surface area (Å²) in [4.78, 5) is 18.8. The van der Waals surface area contributed by atoms with Gasteiger partial charge in [-0.25, -0.2) is 24.3 Å². The Morgan fingerprint density at radius 1 is 1.40 bits per heavy atom. The highest BCUT2D eigenvalue weighted by Crippen LogP contribution is 2.31. The van der Waals surface area contributed by atoms with Gasteiger partial charge in [0.25, 0.3) is 0 Å². The molecule has 0 fully saturated rings. The number of hydrogen-bond donors (Lipinski definition) is 0. The van der Waals surface area contributed by atoms with Crippen molar-refractivity contribution in [2.24, 2.45) is 4.99 Å². The Morgan fingerprint density at radius 3 is 2.95 bits per heavy atom. The number of imidazole rings is 1. The van der Waals surface area contributed by atoms with Crippen LogP contribution in [-0.2, 0) is 0 Å². The Morgan fingerprint density at radius 2 is 2.25 bits per heavy atom. The maximum atomic E-state index is 13.2. The Hall–Kier alpha value is -2.31. The maximum Gasteiger partial charge on any atom is 0.184 e. The third kappa shape index (κ3) is 2.26. The largest absolute Gasteiger partial charge is 0.369 e. The molecule has 2 aromatic heterocycles. The van der Waals surface area contributed by atoms with Crippen LogP contribution in [0, 0.1) is 0 Å². The zero-order valence-corrected chi connectivity index (χ0v) is 11.4. The average Bonchev–Trinajstić information content (AvgIpc) is 3.02. The van der Waals surface area contributed by atoms with E-state index in [1.807, 2.05) is 23.6 Å². The van der Waals surface area contributed by atoms with Crippen molar-refractivity contribution in [3.05, 3.63) is 24.6 Å². The van der Waals surface area contributed by atoms with Crippen LogP contribution >= 0.6 is 0 Å². The Balaban J connectivity index is 2.03. The summed E-state index contributed by atoms with van der Waals surface area (Å²) in [5, 5.41) is 0. The Bertz CT molecular complexity index is 687. The van der Waals surface area contributed by atoms with E-state index >= 15 is 0 Å². The van der Waals surface area contributed by atoms with Gasteiger partial charge in [-0.3, -0.25) is 0 Å². The van der Waals surface area contributed by atoms with E-state index in [-0.39, 0.29) is 11.9 Å². The van der Waals surface area contributed by atoms with Crippen LogP contribution in [0.25, 0.3) is 11.2 Å². The SMILES string of the molecule is CN(C)/C=N\c1ncnc2c1ncn2C1C=C(F)CC1. The summed E-state index contributed by atoms with van der Waals surface area (Å²) in [5.41, 5.74) is 1.31. The van der Waals surface area contributed by atoms with Gasteiger partial charge in [0, 0.05) is 20.5 Å². The van der Waals surface area contributed by atoms with E-state index < -0.39 is 0 Å². The Kier molecular flexibility index (Phi) is 3.17. The molecule has 0 amide bonds. The number of fused-ring (bicyclic) bond motifs is 1. The first-order chi connectivity index (χ1) is 9.65. The molecule has 104 valence electrons. The highest BCUT2D eigenvalue weighted by atomic mass is 19.1. The summed E-state index contributed by atoms with van der Waals surface area (Å²) in [6.07, 6.45) is 7.62. The molecule has 1 aliphatic carbocycles. The monoisotopic (exact) mass is 274 g/mol. The smallest absolute Gasteiger partial charge is 0.184 e. The van der Waals surface area contributed by atoms with Gasteiger partial charge in [0.05, 0.1) is 24.5 Å². The molecule has 2 aromatic rings. The number of allylic oxidation sites excluding steroid dienone is 2. The van der Waals surface area contributed by atoms with Crippen molar-refractivity contribution >= 4 is 23.3 Å². The molecule has 3 rings (SSSR count). The first-order valence-electron chi connectivity index (χ1n) is 6.39. The van der Waals surface area contributed by atoms with Crippen LogP contribution in [0.4, 0.5) is 10.2 Å². The van der Waals surface area contributed by atoms with Crippen LogP contribution in [-0.4, -0.2) is 44.9 Å². The molecule has 0 saturated heterocycles. The molecule has 0 spiro atoms. The van der Waals surface area contributed by atoms with Crippen LogP contribution in [0.2, 0.25) is 0 Å². The molecule has 1 aliphatic rings. The molecule has 1 atom stereocenters. The van der Waals surface area contributed by atoms with Crippen LogP contribution in [0.3, 0.4) is 0 Å². The van der Waals surface area contributed by atoms with Gasteiger partial charge in [-0.15, -0.1) is 0 Å². The van der Waals surface area contributed by atoms with Crippen molar-refractivity contribution < 1.29 is 4.39 Å². The fourth-order valence-corrected chi connectivity index (χ4v) is 2.23. The minimum Gasteiger partial charge on any atom is -0.369 e. The zero-order valence-electron chi connectivity index (χ0n) is 11.4. The predicted molar refractivity (Wildman–Crippen MR) is 74.6 cm³/mol. The zero-order chi connectivity index (χ0) is 14.1. The molecule has 0 N–H and O–H groups in total. The molecule has 0 bridgehead atoms. The molecule has 0 aliphatic heterocycles. The standard InChI is InChI=1S/C13H15FN6/c1-19(2)7-18-12-11-13(16-6-15-12)20(8-17-11)10-4-3-9(14)5-10/h5-8,10H,3-4H2,1-2H3/b18-7-. The summed E-state index contributed by atoms with van der Waals surface area (Å²) in [6.45, 7) is 0. The molecule has 6 nitrogen and oxygen atoms in total. The second-order valence-electron chi connectivity index (χ2n) is 4.95. The molecule has 0 saturated carbocycles. The summed E-state index contributed by atoms with van der Waals surface area (Å²) in [7, 11) is 3.76. The van der Waals surface area contributed by atoms with Crippen molar-refractivity contribution in [3.8, 4) is 0 Å². The minimum atomic E-state index is -0.0724. The number of aliphatic imine (C=N–C) groups is 1. The van der Waals surface area contributed by atoms with E-state index in [4.69, 9.17) is 0 Å². The fraction of sp³-hybridized carbons (Fsp3) is 0.385. The Labute approximate surface area is 115 Å². The number of nitrogens with zero attached hydrogens (tertiary/aromatic N) is 6. The first-order valence-corrected chi connectivity index (χ1v) is 6.39. The molecule has 20 heavy (non-hydrogen) atoms. The normalized spacial score (nSPS) is 18.9. The number of hydrogen-bond acceptors (Lipinski definition) is 4. The lowest BCUT2D eigenvalue weighted by molar-refractivity contribution is 0.574. The van der Waals surface area contributed by atoms with Gasteiger partial charge >= 0.3 is 0 Å². The van der Waals surface area contributed by atoms with Gasteiger partial charge in [0.15, 0.2) is 17.0 Å². The number of halogens is 1. The van der Waals surface area contributed by atoms with Crippen LogP contribution < -0.4 is 0 Å². The highest BCUT2D eigenvalue weighted by molar-refractivity contribution is 5.83. The van der Waals surface area contributed by atoms with E-state index in [0.717, 1.165) is 6.42 Å². The van der Waals surface area contributed by atoms with Crippen molar-refractivity contribution in [2.45, 2.75) is 18.9 Å². The fourth-order valence-electron chi connectivity index (χ4n) is 2.23. The van der Waals surface area contributed by atoms with E-state index in [1.165, 1.54) is 6.33 Å². The van der Waals surface area contributed by atoms with Crippen LogP contribution in [0.1, 0.15) is 18.9 Å². The quantitative estimate of drug-likeness (QED) is 0.636. The third-order valence-electron chi connectivity index (χ3n) is 3.16. The first kappa shape index (κ1) is 12.7. The van der Waals surface area contributed by atoms with E-state index in [2.05, 4.69) is 19.9 Å². The predicted octanol–water partition coefficient (Wildman–Crippen LogP) is 2.24.